The minimum Gasteiger partial charge on any atom is -0.395 e. The zero-order valence-corrected chi connectivity index (χ0v) is 7.01. The van der Waals surface area contributed by atoms with Crippen LogP contribution in [0.5, 0.6) is 0 Å². The molecule has 0 bridgehead atoms. The Bertz CT molecular complexity index is 173. The fourth-order valence-corrected chi connectivity index (χ4v) is 1.85. The van der Waals surface area contributed by atoms with Crippen molar-refractivity contribution in [1.29, 1.82) is 5.26 Å². The van der Waals surface area contributed by atoms with Gasteiger partial charge in [-0.3, -0.25) is 0 Å². The number of nitriles is 1. The molecule has 0 radical (unpaired) electrons. The molecular formula is C9H15NO. The molecule has 0 aromatic heterocycles. The molecule has 0 aromatic carbocycles. The third-order valence-electron chi connectivity index (χ3n) is 2.96. The molecule has 0 amide bonds. The normalized spacial score (nSPS) is 38.1. The van der Waals surface area contributed by atoms with E-state index in [9.17, 15) is 0 Å². The molecule has 1 aliphatic rings. The third-order valence-corrected chi connectivity index (χ3v) is 2.96. The number of rotatable bonds is 1. The van der Waals surface area contributed by atoms with Crippen molar-refractivity contribution < 1.29 is 5.11 Å². The Labute approximate surface area is 67.8 Å². The average Bonchev–Trinajstić information content (AvgIpc) is 2.06. The minimum atomic E-state index is -0.418. The van der Waals surface area contributed by atoms with Gasteiger partial charge in [0.1, 0.15) is 0 Å². The predicted octanol–water partition coefficient (Wildman–Crippen LogP) is 1.70. The van der Waals surface area contributed by atoms with Gasteiger partial charge in [-0.1, -0.05) is 19.8 Å². The zero-order valence-electron chi connectivity index (χ0n) is 7.01. The molecule has 0 saturated heterocycles. The molecule has 1 aliphatic carbocycles. The van der Waals surface area contributed by atoms with Crippen molar-refractivity contribution in [2.75, 3.05) is 6.61 Å². The minimum absolute atomic E-state index is 0.0324. The Morgan fingerprint density at radius 1 is 1.64 bits per heavy atom. The Morgan fingerprint density at radius 3 is 2.73 bits per heavy atom. The molecular weight excluding hydrogens is 138 g/mol. The van der Waals surface area contributed by atoms with Crippen LogP contribution in [0.4, 0.5) is 0 Å². The molecule has 2 nitrogen and oxygen atoms in total. The first kappa shape index (κ1) is 8.55. The van der Waals surface area contributed by atoms with Crippen molar-refractivity contribution >= 4 is 0 Å². The van der Waals surface area contributed by atoms with Crippen LogP contribution >= 0.6 is 0 Å². The van der Waals surface area contributed by atoms with Crippen molar-refractivity contribution in [3.63, 3.8) is 0 Å². The number of aliphatic hydroxyl groups excluding tert-OH is 1. The van der Waals surface area contributed by atoms with Gasteiger partial charge in [-0.15, -0.1) is 0 Å². The average molecular weight is 153 g/mol. The molecule has 0 spiro atoms. The maximum absolute atomic E-state index is 9.09. The molecule has 2 unspecified atom stereocenters. The number of aliphatic hydroxyl groups is 1. The van der Waals surface area contributed by atoms with Gasteiger partial charge in [-0.2, -0.15) is 5.26 Å². The van der Waals surface area contributed by atoms with E-state index in [0.29, 0.717) is 5.92 Å². The lowest BCUT2D eigenvalue weighted by Crippen LogP contribution is -2.34. The lowest BCUT2D eigenvalue weighted by Gasteiger charge is -2.34. The van der Waals surface area contributed by atoms with E-state index in [0.717, 1.165) is 19.3 Å². The quantitative estimate of drug-likeness (QED) is 0.623. The van der Waals surface area contributed by atoms with Crippen molar-refractivity contribution in [1.82, 2.24) is 0 Å². The van der Waals surface area contributed by atoms with E-state index in [2.05, 4.69) is 13.0 Å². The zero-order chi connectivity index (χ0) is 8.32. The van der Waals surface area contributed by atoms with Gasteiger partial charge >= 0.3 is 0 Å². The smallest absolute Gasteiger partial charge is 0.0829 e. The van der Waals surface area contributed by atoms with Crippen LogP contribution in [0.1, 0.15) is 32.6 Å². The summed E-state index contributed by atoms with van der Waals surface area (Å²) in [6.45, 7) is 2.10. The second-order valence-electron chi connectivity index (χ2n) is 3.57. The van der Waals surface area contributed by atoms with Crippen molar-refractivity contribution in [3.05, 3.63) is 0 Å². The van der Waals surface area contributed by atoms with Gasteiger partial charge in [0.2, 0.25) is 0 Å². The van der Waals surface area contributed by atoms with E-state index in [1.165, 1.54) is 6.42 Å². The van der Waals surface area contributed by atoms with Gasteiger partial charge in [-0.25, -0.2) is 0 Å². The third kappa shape index (κ3) is 1.39. The summed E-state index contributed by atoms with van der Waals surface area (Å²) in [7, 11) is 0. The number of nitrogens with zero attached hydrogens (tertiary/aromatic N) is 1. The van der Waals surface area contributed by atoms with Crippen LogP contribution in [0.2, 0.25) is 0 Å². The first-order valence-corrected chi connectivity index (χ1v) is 4.27. The van der Waals surface area contributed by atoms with Crippen molar-refractivity contribution in [3.8, 4) is 6.07 Å². The molecule has 1 saturated carbocycles. The molecule has 2 atom stereocenters. The largest absolute Gasteiger partial charge is 0.395 e. The maximum Gasteiger partial charge on any atom is 0.0829 e. The molecule has 0 aliphatic heterocycles. The summed E-state index contributed by atoms with van der Waals surface area (Å²) in [6, 6.07) is 2.27. The predicted molar refractivity (Wildman–Crippen MR) is 42.8 cm³/mol. The molecule has 1 fully saturated rings. The first-order valence-electron chi connectivity index (χ1n) is 4.27. The van der Waals surface area contributed by atoms with E-state index in [4.69, 9.17) is 10.4 Å². The maximum atomic E-state index is 9.09. The van der Waals surface area contributed by atoms with E-state index in [1.807, 2.05) is 0 Å². The Kier molecular flexibility index (Phi) is 2.51. The summed E-state index contributed by atoms with van der Waals surface area (Å²) in [6.07, 6.45) is 4.28. The van der Waals surface area contributed by atoms with Crippen LogP contribution in [-0.2, 0) is 0 Å². The second-order valence-corrected chi connectivity index (χ2v) is 3.57. The van der Waals surface area contributed by atoms with Gasteiger partial charge in [0.05, 0.1) is 18.1 Å². The molecule has 1 N–H and O–H groups in total. The highest BCUT2D eigenvalue weighted by molar-refractivity contribution is 5.03. The summed E-state index contributed by atoms with van der Waals surface area (Å²) in [4.78, 5) is 0. The molecule has 2 heteroatoms. The monoisotopic (exact) mass is 153 g/mol. The molecule has 62 valence electrons. The van der Waals surface area contributed by atoms with Crippen molar-refractivity contribution in [2.24, 2.45) is 11.3 Å². The van der Waals surface area contributed by atoms with Crippen LogP contribution in [0.3, 0.4) is 0 Å². The van der Waals surface area contributed by atoms with E-state index in [-0.39, 0.29) is 6.61 Å². The summed E-state index contributed by atoms with van der Waals surface area (Å²) in [5.41, 5.74) is -0.418. The Hall–Kier alpha value is -0.550. The van der Waals surface area contributed by atoms with Crippen LogP contribution in [-0.4, -0.2) is 11.7 Å². The van der Waals surface area contributed by atoms with Crippen molar-refractivity contribution in [2.45, 2.75) is 32.6 Å². The highest BCUT2D eigenvalue weighted by Gasteiger charge is 2.37. The van der Waals surface area contributed by atoms with Crippen LogP contribution in [0, 0.1) is 22.7 Å². The van der Waals surface area contributed by atoms with Crippen LogP contribution in [0.15, 0.2) is 0 Å². The lowest BCUT2D eigenvalue weighted by molar-refractivity contribution is 0.0834. The fourth-order valence-electron chi connectivity index (χ4n) is 1.85. The number of hydrogen-bond donors (Lipinski definition) is 1. The highest BCUT2D eigenvalue weighted by Crippen LogP contribution is 2.39. The summed E-state index contributed by atoms with van der Waals surface area (Å²) in [5, 5.41) is 18.0. The highest BCUT2D eigenvalue weighted by atomic mass is 16.3. The summed E-state index contributed by atoms with van der Waals surface area (Å²) >= 11 is 0. The van der Waals surface area contributed by atoms with E-state index >= 15 is 0 Å². The molecule has 0 heterocycles. The van der Waals surface area contributed by atoms with Gasteiger partial charge in [-0.05, 0) is 18.8 Å². The standard InChI is InChI=1S/C9H15NO/c1-8-4-2-3-5-9(8,6-10)7-11/h8,11H,2-5,7H2,1H3. The first-order chi connectivity index (χ1) is 5.25. The molecule has 1 rings (SSSR count). The van der Waals surface area contributed by atoms with E-state index < -0.39 is 5.41 Å². The summed E-state index contributed by atoms with van der Waals surface area (Å²) in [5.74, 6) is 0.367. The van der Waals surface area contributed by atoms with Crippen LogP contribution < -0.4 is 0 Å². The summed E-state index contributed by atoms with van der Waals surface area (Å²) < 4.78 is 0. The second kappa shape index (κ2) is 3.23. The number of hydrogen-bond acceptors (Lipinski definition) is 2. The van der Waals surface area contributed by atoms with Gasteiger partial charge in [0.15, 0.2) is 0 Å². The topological polar surface area (TPSA) is 44.0 Å². The van der Waals surface area contributed by atoms with Gasteiger partial charge < -0.3 is 5.11 Å². The van der Waals surface area contributed by atoms with Crippen LogP contribution in [0.25, 0.3) is 0 Å². The Morgan fingerprint density at radius 2 is 2.36 bits per heavy atom. The molecule has 0 aromatic rings. The SMILES string of the molecule is CC1CCCCC1(C#N)CO. The Balaban J connectivity index is 2.71. The van der Waals surface area contributed by atoms with Gasteiger partial charge in [0, 0.05) is 0 Å². The fraction of sp³-hybridized carbons (Fsp3) is 0.889. The van der Waals surface area contributed by atoms with Gasteiger partial charge in [0.25, 0.3) is 0 Å². The molecule has 11 heavy (non-hydrogen) atoms. The van der Waals surface area contributed by atoms with E-state index in [1.54, 1.807) is 0 Å². The lowest BCUT2D eigenvalue weighted by atomic mass is 9.68.